The van der Waals surface area contributed by atoms with Gasteiger partial charge in [0.05, 0.1) is 5.75 Å². The molecule has 0 amide bonds. The molecule has 1 aromatic rings. The molecule has 2 N–H and O–H groups in total. The summed E-state index contributed by atoms with van der Waals surface area (Å²) in [4.78, 5) is 6.08. The number of nitrogens with one attached hydrogen (secondary N) is 1. The van der Waals surface area contributed by atoms with Gasteiger partial charge in [-0.3, -0.25) is 0 Å². The number of ether oxygens (including phenoxy) is 1. The van der Waals surface area contributed by atoms with Crippen molar-refractivity contribution in [2.24, 2.45) is 0 Å². The van der Waals surface area contributed by atoms with Crippen molar-refractivity contribution in [3.05, 3.63) is 35.9 Å². The summed E-state index contributed by atoms with van der Waals surface area (Å²) >= 11 is 0. The van der Waals surface area contributed by atoms with Crippen molar-refractivity contribution in [3.63, 3.8) is 0 Å². The topological polar surface area (TPSA) is 84.9 Å². The second-order valence-corrected chi connectivity index (χ2v) is 4.67. The van der Waals surface area contributed by atoms with Crippen molar-refractivity contribution in [3.8, 4) is 0 Å². The standard InChI is InChI=1S/C9H13NO5S/c1-14-9(11)15-10-16(12,13)7-8-5-3-2-4-6-8/h2-6,9-11H,7H2,1H3. The average Bonchev–Trinajstić information content (AvgIpc) is 2.27. The van der Waals surface area contributed by atoms with E-state index in [9.17, 15) is 8.42 Å². The van der Waals surface area contributed by atoms with Gasteiger partial charge in [-0.1, -0.05) is 35.2 Å². The SMILES string of the molecule is COC(O)ONS(=O)(=O)Cc1ccccc1. The van der Waals surface area contributed by atoms with Gasteiger partial charge in [-0.2, -0.15) is 0 Å². The zero-order valence-corrected chi connectivity index (χ0v) is 9.48. The van der Waals surface area contributed by atoms with Gasteiger partial charge in [0.15, 0.2) is 0 Å². The molecular formula is C9H13NO5S. The van der Waals surface area contributed by atoms with Gasteiger partial charge < -0.3 is 9.84 Å². The number of aliphatic hydroxyl groups is 1. The fourth-order valence-corrected chi connectivity index (χ4v) is 1.90. The number of benzene rings is 1. The molecule has 0 saturated heterocycles. The van der Waals surface area contributed by atoms with Crippen molar-refractivity contribution in [2.75, 3.05) is 7.11 Å². The Morgan fingerprint density at radius 3 is 2.56 bits per heavy atom. The summed E-state index contributed by atoms with van der Waals surface area (Å²) in [5.74, 6) is -0.232. The summed E-state index contributed by atoms with van der Waals surface area (Å²) in [6, 6.07) is 8.60. The molecule has 0 aromatic heterocycles. The first-order chi connectivity index (χ1) is 7.53. The van der Waals surface area contributed by atoms with Gasteiger partial charge in [0.25, 0.3) is 6.48 Å². The van der Waals surface area contributed by atoms with Gasteiger partial charge in [-0.05, 0) is 5.56 Å². The molecule has 0 aliphatic rings. The third-order valence-electron chi connectivity index (χ3n) is 1.68. The molecule has 0 radical (unpaired) electrons. The van der Waals surface area contributed by atoms with Crippen LogP contribution in [-0.4, -0.2) is 27.1 Å². The molecule has 0 spiro atoms. The van der Waals surface area contributed by atoms with Crippen LogP contribution in [0.4, 0.5) is 0 Å². The summed E-state index contributed by atoms with van der Waals surface area (Å²) in [5, 5.41) is 8.82. The molecule has 0 saturated carbocycles. The van der Waals surface area contributed by atoms with Crippen LogP contribution in [0.2, 0.25) is 0 Å². The molecule has 0 aliphatic carbocycles. The second kappa shape index (κ2) is 5.92. The number of hydrogen-bond donors (Lipinski definition) is 2. The minimum Gasteiger partial charge on any atom is -0.345 e. The molecule has 1 rings (SSSR count). The number of methoxy groups -OCH3 is 1. The normalized spacial score (nSPS) is 13.6. The van der Waals surface area contributed by atoms with E-state index < -0.39 is 16.5 Å². The lowest BCUT2D eigenvalue weighted by Gasteiger charge is -2.10. The maximum atomic E-state index is 11.4. The Labute approximate surface area is 93.8 Å². The molecule has 0 bridgehead atoms. The fraction of sp³-hybridized carbons (Fsp3) is 0.333. The van der Waals surface area contributed by atoms with E-state index in [1.807, 2.05) is 0 Å². The first-order valence-corrected chi connectivity index (χ1v) is 6.08. The Balaban J connectivity index is 2.53. The molecule has 6 nitrogen and oxygen atoms in total. The van der Waals surface area contributed by atoms with Crippen LogP contribution in [0.15, 0.2) is 30.3 Å². The third kappa shape index (κ3) is 4.69. The summed E-state index contributed by atoms with van der Waals surface area (Å²) < 4.78 is 27.1. The van der Waals surface area contributed by atoms with Crippen molar-refractivity contribution in [2.45, 2.75) is 12.2 Å². The first kappa shape index (κ1) is 13.1. The monoisotopic (exact) mass is 247 g/mol. The molecule has 0 heterocycles. The van der Waals surface area contributed by atoms with Gasteiger partial charge in [0, 0.05) is 7.11 Å². The molecule has 0 aliphatic heterocycles. The Morgan fingerprint density at radius 1 is 1.38 bits per heavy atom. The van der Waals surface area contributed by atoms with E-state index in [4.69, 9.17) is 5.11 Å². The highest BCUT2D eigenvalue weighted by Gasteiger charge is 2.13. The average molecular weight is 247 g/mol. The Hall–Kier alpha value is -0.990. The first-order valence-electron chi connectivity index (χ1n) is 4.43. The summed E-state index contributed by atoms with van der Waals surface area (Å²) in [6.07, 6.45) is 0. The van der Waals surface area contributed by atoms with Gasteiger partial charge in [-0.15, -0.1) is 0 Å². The van der Waals surface area contributed by atoms with Crippen molar-refractivity contribution in [1.82, 2.24) is 4.89 Å². The summed E-state index contributed by atoms with van der Waals surface area (Å²) in [6.45, 7) is -1.62. The Morgan fingerprint density at radius 2 is 2.00 bits per heavy atom. The van der Waals surface area contributed by atoms with E-state index in [0.717, 1.165) is 0 Å². The van der Waals surface area contributed by atoms with Gasteiger partial charge in [-0.25, -0.2) is 13.3 Å². The number of rotatable bonds is 6. The molecule has 90 valence electrons. The van der Waals surface area contributed by atoms with E-state index in [1.54, 1.807) is 35.2 Å². The molecule has 1 aromatic carbocycles. The van der Waals surface area contributed by atoms with Gasteiger partial charge >= 0.3 is 0 Å². The molecule has 0 fully saturated rings. The predicted molar refractivity (Wildman–Crippen MR) is 56.3 cm³/mol. The zero-order chi connectivity index (χ0) is 12.0. The van der Waals surface area contributed by atoms with Crippen LogP contribution < -0.4 is 4.89 Å². The van der Waals surface area contributed by atoms with E-state index in [2.05, 4.69) is 9.57 Å². The molecule has 16 heavy (non-hydrogen) atoms. The van der Waals surface area contributed by atoms with Gasteiger partial charge in [0.1, 0.15) is 0 Å². The van der Waals surface area contributed by atoms with Crippen LogP contribution in [-0.2, 0) is 25.4 Å². The highest BCUT2D eigenvalue weighted by molar-refractivity contribution is 7.88. The minimum absolute atomic E-state index is 0.232. The zero-order valence-electron chi connectivity index (χ0n) is 8.66. The smallest absolute Gasteiger partial charge is 0.286 e. The van der Waals surface area contributed by atoms with Crippen LogP contribution >= 0.6 is 0 Å². The highest BCUT2D eigenvalue weighted by Crippen LogP contribution is 2.04. The van der Waals surface area contributed by atoms with Crippen LogP contribution in [0.25, 0.3) is 0 Å². The van der Waals surface area contributed by atoms with E-state index >= 15 is 0 Å². The quantitative estimate of drug-likeness (QED) is 0.544. The van der Waals surface area contributed by atoms with Crippen molar-refractivity contribution >= 4 is 10.0 Å². The Bertz CT molecular complexity index is 405. The minimum atomic E-state index is -3.65. The lowest BCUT2D eigenvalue weighted by Crippen LogP contribution is -2.31. The summed E-state index contributed by atoms with van der Waals surface area (Å²) in [5.41, 5.74) is 0.616. The maximum absolute atomic E-state index is 11.4. The lowest BCUT2D eigenvalue weighted by molar-refractivity contribution is -0.264. The van der Waals surface area contributed by atoms with Crippen LogP contribution in [0.3, 0.4) is 0 Å². The van der Waals surface area contributed by atoms with E-state index in [0.29, 0.717) is 5.56 Å². The molecule has 7 heteroatoms. The number of aliphatic hydroxyl groups excluding tert-OH is 1. The van der Waals surface area contributed by atoms with Crippen LogP contribution in [0.1, 0.15) is 5.56 Å². The third-order valence-corrected chi connectivity index (χ3v) is 2.74. The van der Waals surface area contributed by atoms with Crippen molar-refractivity contribution < 1.29 is 23.1 Å². The largest absolute Gasteiger partial charge is 0.345 e. The molecule has 1 atom stereocenters. The van der Waals surface area contributed by atoms with E-state index in [1.165, 1.54) is 7.11 Å². The summed E-state index contributed by atoms with van der Waals surface area (Å²) in [7, 11) is -2.48. The van der Waals surface area contributed by atoms with Crippen LogP contribution in [0.5, 0.6) is 0 Å². The molecular weight excluding hydrogens is 234 g/mol. The second-order valence-electron chi connectivity index (χ2n) is 2.99. The lowest BCUT2D eigenvalue weighted by atomic mass is 10.2. The van der Waals surface area contributed by atoms with Crippen LogP contribution in [0, 0.1) is 0 Å². The predicted octanol–water partition coefficient (Wildman–Crippen LogP) is -0.0401. The van der Waals surface area contributed by atoms with E-state index in [-0.39, 0.29) is 5.75 Å². The maximum Gasteiger partial charge on any atom is 0.286 e. The van der Waals surface area contributed by atoms with Gasteiger partial charge in [0.2, 0.25) is 10.0 Å². The Kier molecular flexibility index (Phi) is 4.84. The number of sulfonamides is 1. The number of hydrogen-bond acceptors (Lipinski definition) is 5. The fourth-order valence-electron chi connectivity index (χ4n) is 0.986. The van der Waals surface area contributed by atoms with Crippen molar-refractivity contribution in [1.29, 1.82) is 0 Å². The highest BCUT2D eigenvalue weighted by atomic mass is 32.2. The molecule has 1 unspecified atom stereocenters.